The molecule has 2 amide bonds. The third-order valence-electron chi connectivity index (χ3n) is 4.77. The minimum Gasteiger partial charge on any atom is -0.348 e. The molecule has 0 saturated carbocycles. The largest absolute Gasteiger partial charge is 0.348 e. The van der Waals surface area contributed by atoms with Gasteiger partial charge in [0.25, 0.3) is 11.8 Å². The van der Waals surface area contributed by atoms with E-state index in [2.05, 4.69) is 10.3 Å². The summed E-state index contributed by atoms with van der Waals surface area (Å²) < 4.78 is 0. The maximum absolute atomic E-state index is 12.6. The molecule has 3 rings (SSSR count). The molecule has 1 aromatic heterocycles. The number of aromatic nitrogens is 1. The average Bonchev–Trinajstić information content (AvgIpc) is 2.65. The first-order valence-electron chi connectivity index (χ1n) is 8.63. The van der Waals surface area contributed by atoms with Crippen LogP contribution in [0.15, 0.2) is 42.6 Å². The molecule has 1 N–H and O–H groups in total. The van der Waals surface area contributed by atoms with Crippen molar-refractivity contribution in [1.29, 1.82) is 0 Å². The maximum Gasteiger partial charge on any atom is 0.270 e. The first-order valence-corrected chi connectivity index (χ1v) is 8.63. The van der Waals surface area contributed by atoms with E-state index in [4.69, 9.17) is 0 Å². The summed E-state index contributed by atoms with van der Waals surface area (Å²) in [5.41, 5.74) is 3.48. The Morgan fingerprint density at radius 3 is 2.48 bits per heavy atom. The summed E-state index contributed by atoms with van der Waals surface area (Å²) in [6.45, 7) is 5.36. The standard InChI is InChI=1S/C20H23N3O2/c1-14-6-7-16(13-15(14)2)20(25)23-11-8-17(9-12-23)22-19(24)18-5-3-4-10-21-18/h3-7,10,13,17H,8-9,11-12H2,1-2H3,(H,22,24). The summed E-state index contributed by atoms with van der Waals surface area (Å²) in [5, 5.41) is 3.01. The molecule has 0 aliphatic carbocycles. The van der Waals surface area contributed by atoms with Crippen LogP contribution in [0.3, 0.4) is 0 Å². The summed E-state index contributed by atoms with van der Waals surface area (Å²) in [7, 11) is 0. The van der Waals surface area contributed by atoms with E-state index in [1.165, 1.54) is 5.56 Å². The Labute approximate surface area is 148 Å². The smallest absolute Gasteiger partial charge is 0.270 e. The summed E-state index contributed by atoms with van der Waals surface area (Å²) in [6.07, 6.45) is 3.13. The minimum atomic E-state index is -0.153. The van der Waals surface area contributed by atoms with E-state index in [9.17, 15) is 9.59 Å². The minimum absolute atomic E-state index is 0.0672. The summed E-state index contributed by atoms with van der Waals surface area (Å²) >= 11 is 0. The lowest BCUT2D eigenvalue weighted by Gasteiger charge is -2.32. The number of nitrogens with one attached hydrogen (secondary N) is 1. The highest BCUT2D eigenvalue weighted by atomic mass is 16.2. The fourth-order valence-corrected chi connectivity index (χ4v) is 3.04. The van der Waals surface area contributed by atoms with E-state index in [1.54, 1.807) is 24.4 Å². The molecule has 1 aliphatic rings. The van der Waals surface area contributed by atoms with Gasteiger partial charge in [0.15, 0.2) is 0 Å². The Morgan fingerprint density at radius 1 is 1.08 bits per heavy atom. The van der Waals surface area contributed by atoms with E-state index in [0.717, 1.165) is 24.0 Å². The van der Waals surface area contributed by atoms with Gasteiger partial charge in [-0.3, -0.25) is 14.6 Å². The topological polar surface area (TPSA) is 62.3 Å². The van der Waals surface area contributed by atoms with Gasteiger partial charge in [-0.25, -0.2) is 0 Å². The Bertz CT molecular complexity index is 766. The molecule has 1 aromatic carbocycles. The third-order valence-corrected chi connectivity index (χ3v) is 4.77. The number of carbonyl (C=O) groups is 2. The number of piperidine rings is 1. The van der Waals surface area contributed by atoms with Gasteiger partial charge in [-0.15, -0.1) is 0 Å². The fourth-order valence-electron chi connectivity index (χ4n) is 3.04. The third kappa shape index (κ3) is 4.05. The van der Waals surface area contributed by atoms with Gasteiger partial charge in [0, 0.05) is 30.9 Å². The zero-order chi connectivity index (χ0) is 17.8. The average molecular weight is 337 g/mol. The van der Waals surface area contributed by atoms with Crippen molar-refractivity contribution in [1.82, 2.24) is 15.2 Å². The summed E-state index contributed by atoms with van der Waals surface area (Å²) in [5.74, 6) is -0.0860. The van der Waals surface area contributed by atoms with Crippen molar-refractivity contribution in [2.45, 2.75) is 32.7 Å². The molecule has 5 heteroatoms. The Morgan fingerprint density at radius 2 is 1.84 bits per heavy atom. The highest BCUT2D eigenvalue weighted by molar-refractivity contribution is 5.94. The van der Waals surface area contributed by atoms with Crippen molar-refractivity contribution in [3.05, 3.63) is 65.0 Å². The van der Waals surface area contributed by atoms with Crippen LogP contribution in [-0.2, 0) is 0 Å². The van der Waals surface area contributed by atoms with Crippen molar-refractivity contribution in [2.75, 3.05) is 13.1 Å². The van der Waals surface area contributed by atoms with Gasteiger partial charge in [-0.2, -0.15) is 0 Å². The van der Waals surface area contributed by atoms with Crippen LogP contribution in [0.4, 0.5) is 0 Å². The number of nitrogens with zero attached hydrogens (tertiary/aromatic N) is 2. The number of likely N-dealkylation sites (tertiary alicyclic amines) is 1. The van der Waals surface area contributed by atoms with E-state index in [-0.39, 0.29) is 17.9 Å². The molecule has 25 heavy (non-hydrogen) atoms. The van der Waals surface area contributed by atoms with Crippen LogP contribution in [0.25, 0.3) is 0 Å². The molecular formula is C20H23N3O2. The number of aryl methyl sites for hydroxylation is 2. The molecular weight excluding hydrogens is 314 g/mol. The Balaban J connectivity index is 1.55. The number of pyridine rings is 1. The molecule has 5 nitrogen and oxygen atoms in total. The van der Waals surface area contributed by atoms with Crippen LogP contribution in [0.5, 0.6) is 0 Å². The van der Waals surface area contributed by atoms with Gasteiger partial charge in [0.05, 0.1) is 0 Å². The molecule has 0 spiro atoms. The molecule has 0 radical (unpaired) electrons. The van der Waals surface area contributed by atoms with E-state index in [1.807, 2.05) is 36.9 Å². The molecule has 2 heterocycles. The van der Waals surface area contributed by atoms with E-state index < -0.39 is 0 Å². The van der Waals surface area contributed by atoms with Gasteiger partial charge in [-0.05, 0) is 62.1 Å². The Hall–Kier alpha value is -2.69. The molecule has 0 atom stereocenters. The second-order valence-corrected chi connectivity index (χ2v) is 6.55. The van der Waals surface area contributed by atoms with E-state index >= 15 is 0 Å². The highest BCUT2D eigenvalue weighted by Gasteiger charge is 2.25. The van der Waals surface area contributed by atoms with Crippen molar-refractivity contribution in [2.24, 2.45) is 0 Å². The van der Waals surface area contributed by atoms with Crippen LogP contribution in [0, 0.1) is 13.8 Å². The lowest BCUT2D eigenvalue weighted by Crippen LogP contribution is -2.46. The van der Waals surface area contributed by atoms with E-state index in [0.29, 0.717) is 18.8 Å². The summed E-state index contributed by atoms with van der Waals surface area (Å²) in [4.78, 5) is 30.7. The number of amides is 2. The van der Waals surface area contributed by atoms with Crippen molar-refractivity contribution in [3.63, 3.8) is 0 Å². The van der Waals surface area contributed by atoms with Crippen molar-refractivity contribution >= 4 is 11.8 Å². The van der Waals surface area contributed by atoms with Gasteiger partial charge < -0.3 is 10.2 Å². The SMILES string of the molecule is Cc1ccc(C(=O)N2CCC(NC(=O)c3ccccn3)CC2)cc1C. The molecule has 1 saturated heterocycles. The maximum atomic E-state index is 12.6. The van der Waals surface area contributed by atoms with Crippen LogP contribution >= 0.6 is 0 Å². The van der Waals surface area contributed by atoms with Crippen molar-refractivity contribution < 1.29 is 9.59 Å². The quantitative estimate of drug-likeness (QED) is 0.937. The summed E-state index contributed by atoms with van der Waals surface area (Å²) in [6, 6.07) is 11.2. The number of rotatable bonds is 3. The van der Waals surface area contributed by atoms with Gasteiger partial charge in [-0.1, -0.05) is 12.1 Å². The van der Waals surface area contributed by atoms with Crippen LogP contribution in [-0.4, -0.2) is 40.8 Å². The van der Waals surface area contributed by atoms with Gasteiger partial charge >= 0.3 is 0 Å². The molecule has 0 unspecified atom stereocenters. The normalized spacial score (nSPS) is 15.0. The fraction of sp³-hybridized carbons (Fsp3) is 0.350. The second kappa shape index (κ2) is 7.47. The molecule has 1 aliphatic heterocycles. The predicted molar refractivity (Wildman–Crippen MR) is 96.5 cm³/mol. The van der Waals surface area contributed by atoms with Crippen LogP contribution in [0.2, 0.25) is 0 Å². The predicted octanol–water partition coefficient (Wildman–Crippen LogP) is 2.73. The highest BCUT2D eigenvalue weighted by Crippen LogP contribution is 2.16. The first-order chi connectivity index (χ1) is 12.0. The number of carbonyl (C=O) groups excluding carboxylic acids is 2. The Kier molecular flexibility index (Phi) is 5.12. The van der Waals surface area contributed by atoms with Gasteiger partial charge in [0.1, 0.15) is 5.69 Å². The van der Waals surface area contributed by atoms with Crippen LogP contribution < -0.4 is 5.32 Å². The molecule has 2 aromatic rings. The lowest BCUT2D eigenvalue weighted by atomic mass is 10.0. The zero-order valence-electron chi connectivity index (χ0n) is 14.7. The monoisotopic (exact) mass is 337 g/mol. The number of benzene rings is 1. The lowest BCUT2D eigenvalue weighted by molar-refractivity contribution is 0.0697. The van der Waals surface area contributed by atoms with Crippen LogP contribution in [0.1, 0.15) is 44.8 Å². The first kappa shape index (κ1) is 17.1. The molecule has 0 bridgehead atoms. The second-order valence-electron chi connectivity index (χ2n) is 6.55. The molecule has 130 valence electrons. The van der Waals surface area contributed by atoms with Crippen molar-refractivity contribution in [3.8, 4) is 0 Å². The van der Waals surface area contributed by atoms with Gasteiger partial charge in [0.2, 0.25) is 0 Å². The number of hydrogen-bond donors (Lipinski definition) is 1. The number of hydrogen-bond acceptors (Lipinski definition) is 3. The molecule has 1 fully saturated rings. The zero-order valence-corrected chi connectivity index (χ0v) is 14.7.